The van der Waals surface area contributed by atoms with Gasteiger partial charge >= 0.3 is 0 Å². The first-order valence-corrected chi connectivity index (χ1v) is 11.0. The van der Waals surface area contributed by atoms with Gasteiger partial charge in [0.1, 0.15) is 5.75 Å². The molecule has 0 bridgehead atoms. The van der Waals surface area contributed by atoms with Crippen molar-refractivity contribution in [2.75, 3.05) is 13.2 Å². The second-order valence-corrected chi connectivity index (χ2v) is 8.64. The molecule has 0 aliphatic rings. The first-order valence-electron chi connectivity index (χ1n) is 10.6. The Hall–Kier alpha value is -1.62. The first-order chi connectivity index (χ1) is 13.3. The maximum absolute atomic E-state index is 12.5. The van der Waals surface area contributed by atoms with Crippen LogP contribution in [0.25, 0.3) is 0 Å². The van der Waals surface area contributed by atoms with Gasteiger partial charge in [0.25, 0.3) is 0 Å². The standard InChI is InChI=1S/C23H38N2O2S/c1-6-7-8-9-10-15-24-22(28)25-21(26)23(4,5)14-11-16-27-20-17-18(2)12-13-19(20)3/h12-13,17H,6-11,14-16H2,1-5H3,(H2,24,25,26,28). The van der Waals surface area contributed by atoms with Crippen LogP contribution in [0.15, 0.2) is 18.2 Å². The number of rotatable bonds is 12. The highest BCUT2D eigenvalue weighted by molar-refractivity contribution is 7.80. The number of thiocarbonyl (C=S) groups is 1. The summed E-state index contributed by atoms with van der Waals surface area (Å²) in [6.07, 6.45) is 7.61. The normalized spacial score (nSPS) is 11.2. The highest BCUT2D eigenvalue weighted by Crippen LogP contribution is 2.24. The fraction of sp³-hybridized carbons (Fsp3) is 0.652. The lowest BCUT2D eigenvalue weighted by molar-refractivity contribution is -0.128. The van der Waals surface area contributed by atoms with Crippen molar-refractivity contribution >= 4 is 23.2 Å². The first kappa shape index (κ1) is 24.4. The fourth-order valence-corrected chi connectivity index (χ4v) is 3.11. The molecule has 0 spiro atoms. The summed E-state index contributed by atoms with van der Waals surface area (Å²) in [4.78, 5) is 12.5. The number of carbonyl (C=O) groups is 1. The van der Waals surface area contributed by atoms with Crippen LogP contribution in [-0.2, 0) is 4.79 Å². The van der Waals surface area contributed by atoms with Gasteiger partial charge in [0, 0.05) is 12.0 Å². The van der Waals surface area contributed by atoms with Crippen molar-refractivity contribution < 1.29 is 9.53 Å². The van der Waals surface area contributed by atoms with Crippen molar-refractivity contribution in [1.29, 1.82) is 0 Å². The molecule has 4 nitrogen and oxygen atoms in total. The van der Waals surface area contributed by atoms with Crippen molar-refractivity contribution in [2.24, 2.45) is 5.41 Å². The van der Waals surface area contributed by atoms with E-state index in [-0.39, 0.29) is 5.91 Å². The Labute approximate surface area is 176 Å². The van der Waals surface area contributed by atoms with Crippen LogP contribution in [0.4, 0.5) is 0 Å². The smallest absolute Gasteiger partial charge is 0.231 e. The van der Waals surface area contributed by atoms with Gasteiger partial charge in [0.2, 0.25) is 5.91 Å². The predicted molar refractivity (Wildman–Crippen MR) is 122 cm³/mol. The zero-order chi connectivity index (χ0) is 21.0. The Balaban J connectivity index is 2.27. The second-order valence-electron chi connectivity index (χ2n) is 8.23. The van der Waals surface area contributed by atoms with Crippen molar-refractivity contribution in [3.8, 4) is 5.75 Å². The van der Waals surface area contributed by atoms with E-state index in [9.17, 15) is 4.79 Å². The van der Waals surface area contributed by atoms with E-state index in [0.717, 1.165) is 37.1 Å². The summed E-state index contributed by atoms with van der Waals surface area (Å²) in [5.74, 6) is 0.884. The summed E-state index contributed by atoms with van der Waals surface area (Å²) in [5, 5.41) is 6.41. The van der Waals surface area contributed by atoms with Crippen molar-refractivity contribution in [3.63, 3.8) is 0 Å². The fourth-order valence-electron chi connectivity index (χ4n) is 2.92. The molecule has 0 aliphatic carbocycles. The Morgan fingerprint density at radius 1 is 1.11 bits per heavy atom. The minimum absolute atomic E-state index is 0.0391. The molecule has 0 saturated carbocycles. The average Bonchev–Trinajstić information content (AvgIpc) is 2.64. The summed E-state index contributed by atoms with van der Waals surface area (Å²) in [6, 6.07) is 6.21. The number of unbranched alkanes of at least 4 members (excludes halogenated alkanes) is 4. The predicted octanol–water partition coefficient (Wildman–Crippen LogP) is 5.45. The number of hydrogen-bond donors (Lipinski definition) is 2. The number of aryl methyl sites for hydroxylation is 2. The Morgan fingerprint density at radius 2 is 1.82 bits per heavy atom. The zero-order valence-corrected chi connectivity index (χ0v) is 19.1. The van der Waals surface area contributed by atoms with Crippen molar-refractivity contribution in [2.45, 2.75) is 79.6 Å². The third-order valence-electron chi connectivity index (χ3n) is 4.95. The van der Waals surface area contributed by atoms with E-state index in [4.69, 9.17) is 17.0 Å². The summed E-state index contributed by atoms with van der Waals surface area (Å²) < 4.78 is 5.90. The molecule has 28 heavy (non-hydrogen) atoms. The molecular formula is C23H38N2O2S. The average molecular weight is 407 g/mol. The van der Waals surface area contributed by atoms with Gasteiger partial charge in [-0.1, -0.05) is 58.6 Å². The van der Waals surface area contributed by atoms with Crippen molar-refractivity contribution in [3.05, 3.63) is 29.3 Å². The van der Waals surface area contributed by atoms with Gasteiger partial charge < -0.3 is 15.4 Å². The quantitative estimate of drug-likeness (QED) is 0.358. The van der Waals surface area contributed by atoms with E-state index in [1.54, 1.807) is 0 Å². The van der Waals surface area contributed by atoms with Crippen LogP contribution in [0.1, 0.15) is 76.8 Å². The second kappa shape index (κ2) is 12.8. The van der Waals surface area contributed by atoms with Gasteiger partial charge in [0.05, 0.1) is 6.61 Å². The number of benzene rings is 1. The van der Waals surface area contributed by atoms with E-state index < -0.39 is 5.41 Å². The van der Waals surface area contributed by atoms with Crippen LogP contribution in [0, 0.1) is 19.3 Å². The minimum atomic E-state index is -0.488. The van der Waals surface area contributed by atoms with Crippen LogP contribution < -0.4 is 15.4 Å². The Kier molecular flexibility index (Phi) is 11.1. The summed E-state index contributed by atoms with van der Waals surface area (Å²) in [5.41, 5.74) is 1.83. The molecule has 1 aromatic rings. The molecule has 1 amide bonds. The van der Waals surface area contributed by atoms with E-state index in [1.165, 1.54) is 31.2 Å². The highest BCUT2D eigenvalue weighted by Gasteiger charge is 2.27. The van der Waals surface area contributed by atoms with Crippen LogP contribution in [0.2, 0.25) is 0 Å². The highest BCUT2D eigenvalue weighted by atomic mass is 32.1. The van der Waals surface area contributed by atoms with Crippen LogP contribution >= 0.6 is 12.2 Å². The number of amides is 1. The number of hydrogen-bond acceptors (Lipinski definition) is 3. The van der Waals surface area contributed by atoms with E-state index in [0.29, 0.717) is 11.7 Å². The number of nitrogens with one attached hydrogen (secondary N) is 2. The monoisotopic (exact) mass is 406 g/mol. The molecule has 0 aromatic heterocycles. The molecule has 1 rings (SSSR count). The van der Waals surface area contributed by atoms with Crippen LogP contribution in [0.3, 0.4) is 0 Å². The molecule has 2 N–H and O–H groups in total. The topological polar surface area (TPSA) is 50.4 Å². The van der Waals surface area contributed by atoms with Crippen molar-refractivity contribution in [1.82, 2.24) is 10.6 Å². The maximum Gasteiger partial charge on any atom is 0.231 e. The molecule has 0 fully saturated rings. The van der Waals surface area contributed by atoms with Gasteiger partial charge in [-0.3, -0.25) is 4.79 Å². The molecule has 0 atom stereocenters. The molecule has 0 heterocycles. The van der Waals surface area contributed by atoms with E-state index >= 15 is 0 Å². The summed E-state index contributed by atoms with van der Waals surface area (Å²) >= 11 is 5.26. The molecule has 0 saturated heterocycles. The maximum atomic E-state index is 12.5. The third-order valence-corrected chi connectivity index (χ3v) is 5.20. The Bertz CT molecular complexity index is 629. The van der Waals surface area contributed by atoms with Gasteiger partial charge in [-0.2, -0.15) is 0 Å². The summed E-state index contributed by atoms with van der Waals surface area (Å²) in [6.45, 7) is 11.6. The largest absolute Gasteiger partial charge is 0.493 e. The molecule has 158 valence electrons. The third kappa shape index (κ3) is 9.54. The van der Waals surface area contributed by atoms with Gasteiger partial charge in [-0.25, -0.2) is 0 Å². The molecule has 1 aromatic carbocycles. The van der Waals surface area contributed by atoms with Crippen LogP contribution in [-0.4, -0.2) is 24.2 Å². The lowest BCUT2D eigenvalue weighted by atomic mass is 9.87. The molecule has 5 heteroatoms. The summed E-state index contributed by atoms with van der Waals surface area (Å²) in [7, 11) is 0. The number of ether oxygens (including phenoxy) is 1. The lowest BCUT2D eigenvalue weighted by Gasteiger charge is -2.24. The lowest BCUT2D eigenvalue weighted by Crippen LogP contribution is -2.45. The van der Waals surface area contributed by atoms with Crippen LogP contribution in [0.5, 0.6) is 5.75 Å². The van der Waals surface area contributed by atoms with E-state index in [1.807, 2.05) is 20.8 Å². The van der Waals surface area contributed by atoms with Gasteiger partial charge in [-0.15, -0.1) is 0 Å². The zero-order valence-electron chi connectivity index (χ0n) is 18.3. The van der Waals surface area contributed by atoms with E-state index in [2.05, 4.69) is 42.7 Å². The number of carbonyl (C=O) groups excluding carboxylic acids is 1. The Morgan fingerprint density at radius 3 is 2.54 bits per heavy atom. The molecule has 0 radical (unpaired) electrons. The molecule has 0 unspecified atom stereocenters. The molecular weight excluding hydrogens is 368 g/mol. The minimum Gasteiger partial charge on any atom is -0.493 e. The van der Waals surface area contributed by atoms with Gasteiger partial charge in [-0.05, 0) is 62.5 Å². The molecule has 0 aliphatic heterocycles. The van der Waals surface area contributed by atoms with Gasteiger partial charge in [0.15, 0.2) is 5.11 Å². The SMILES string of the molecule is CCCCCCCNC(=S)NC(=O)C(C)(C)CCCOc1cc(C)ccc1C.